The normalized spacial score (nSPS) is 21.5. The van der Waals surface area contributed by atoms with Crippen LogP contribution < -0.4 is 4.90 Å². The molecule has 1 unspecified atom stereocenters. The summed E-state index contributed by atoms with van der Waals surface area (Å²) in [6.07, 6.45) is 2.48. The Hall–Kier alpha value is -3.19. The molecular weight excluding hydrogens is 416 g/mol. The molecule has 33 heavy (non-hydrogen) atoms. The van der Waals surface area contributed by atoms with Gasteiger partial charge in [0.25, 0.3) is 5.91 Å². The number of hydrogen-bond acceptors (Lipinski definition) is 4. The van der Waals surface area contributed by atoms with Crippen LogP contribution in [-0.4, -0.2) is 77.7 Å². The Bertz CT molecular complexity index is 1030. The van der Waals surface area contributed by atoms with Gasteiger partial charge in [0.1, 0.15) is 12.6 Å². The number of carbonyl (C=O) groups is 3. The molecule has 0 saturated carbocycles. The molecule has 0 aromatic heterocycles. The van der Waals surface area contributed by atoms with E-state index in [-0.39, 0.29) is 24.3 Å². The molecule has 0 bridgehead atoms. The van der Waals surface area contributed by atoms with Gasteiger partial charge in [0, 0.05) is 39.3 Å². The monoisotopic (exact) mass is 446 g/mol. The second kappa shape index (κ2) is 9.35. The molecule has 0 aliphatic carbocycles. The first-order valence-electron chi connectivity index (χ1n) is 11.9. The van der Waals surface area contributed by atoms with Gasteiger partial charge in [-0.1, -0.05) is 42.5 Å². The number of piperidine rings is 1. The smallest absolute Gasteiger partial charge is 0.256 e. The molecule has 1 atom stereocenters. The SMILES string of the molecule is O=C(CN1C(=O)C2CCCCN2C(=O)c2ccccc21)N1CCN(Cc2ccccc2)CC1. The highest BCUT2D eigenvalue weighted by Gasteiger charge is 2.41. The van der Waals surface area contributed by atoms with E-state index in [1.807, 2.05) is 35.2 Å². The molecule has 3 heterocycles. The number of para-hydroxylation sites is 1. The lowest BCUT2D eigenvalue weighted by atomic mass is 10.0. The number of amides is 3. The van der Waals surface area contributed by atoms with Crippen LogP contribution in [0, 0.1) is 0 Å². The van der Waals surface area contributed by atoms with Crippen LogP contribution in [0.1, 0.15) is 35.2 Å². The average Bonchev–Trinajstić information content (AvgIpc) is 2.95. The summed E-state index contributed by atoms with van der Waals surface area (Å²) in [6.45, 7) is 4.34. The highest BCUT2D eigenvalue weighted by molar-refractivity contribution is 6.12. The quantitative estimate of drug-likeness (QED) is 0.724. The predicted molar refractivity (Wildman–Crippen MR) is 126 cm³/mol. The van der Waals surface area contributed by atoms with Gasteiger partial charge in [-0.15, -0.1) is 0 Å². The minimum Gasteiger partial charge on any atom is -0.339 e. The molecule has 3 aliphatic heterocycles. The lowest BCUT2D eigenvalue weighted by molar-refractivity contribution is -0.133. The van der Waals surface area contributed by atoms with Crippen molar-refractivity contribution in [2.75, 3.05) is 44.2 Å². The highest BCUT2D eigenvalue weighted by Crippen LogP contribution is 2.31. The summed E-state index contributed by atoms with van der Waals surface area (Å²) in [7, 11) is 0. The van der Waals surface area contributed by atoms with Gasteiger partial charge in [0.15, 0.2) is 0 Å². The Kier molecular flexibility index (Phi) is 6.13. The summed E-state index contributed by atoms with van der Waals surface area (Å²) < 4.78 is 0. The molecule has 7 nitrogen and oxygen atoms in total. The van der Waals surface area contributed by atoms with Crippen LogP contribution in [0.25, 0.3) is 0 Å². The van der Waals surface area contributed by atoms with Crippen molar-refractivity contribution in [1.29, 1.82) is 0 Å². The van der Waals surface area contributed by atoms with Gasteiger partial charge in [-0.3, -0.25) is 19.3 Å². The highest BCUT2D eigenvalue weighted by atomic mass is 16.2. The van der Waals surface area contributed by atoms with Crippen LogP contribution >= 0.6 is 0 Å². The zero-order valence-corrected chi connectivity index (χ0v) is 18.9. The van der Waals surface area contributed by atoms with Crippen molar-refractivity contribution in [2.45, 2.75) is 31.8 Å². The summed E-state index contributed by atoms with van der Waals surface area (Å²) in [6, 6.07) is 17.1. The van der Waals surface area contributed by atoms with E-state index in [1.54, 1.807) is 21.9 Å². The lowest BCUT2D eigenvalue weighted by Crippen LogP contribution is -2.54. The van der Waals surface area contributed by atoms with Gasteiger partial charge in [-0.25, -0.2) is 0 Å². The Labute approximate surface area is 194 Å². The Morgan fingerprint density at radius 2 is 1.58 bits per heavy atom. The maximum Gasteiger partial charge on any atom is 0.256 e. The number of fused-ring (bicyclic) bond motifs is 2. The molecule has 0 spiro atoms. The predicted octanol–water partition coefficient (Wildman–Crippen LogP) is 2.37. The zero-order chi connectivity index (χ0) is 22.8. The van der Waals surface area contributed by atoms with Crippen molar-refractivity contribution < 1.29 is 14.4 Å². The van der Waals surface area contributed by atoms with E-state index in [0.717, 1.165) is 32.5 Å². The first kappa shape index (κ1) is 21.6. The first-order chi connectivity index (χ1) is 16.1. The van der Waals surface area contributed by atoms with Crippen molar-refractivity contribution in [1.82, 2.24) is 14.7 Å². The summed E-state index contributed by atoms with van der Waals surface area (Å²) in [4.78, 5) is 47.4. The van der Waals surface area contributed by atoms with E-state index in [9.17, 15) is 14.4 Å². The van der Waals surface area contributed by atoms with Crippen LogP contribution in [0.5, 0.6) is 0 Å². The van der Waals surface area contributed by atoms with Crippen LogP contribution in [0.4, 0.5) is 5.69 Å². The third-order valence-corrected chi connectivity index (χ3v) is 7.01. The topological polar surface area (TPSA) is 64.2 Å². The number of piperazine rings is 1. The molecule has 0 radical (unpaired) electrons. The van der Waals surface area contributed by atoms with E-state index in [4.69, 9.17) is 0 Å². The summed E-state index contributed by atoms with van der Waals surface area (Å²) in [5, 5.41) is 0. The van der Waals surface area contributed by atoms with E-state index in [1.165, 1.54) is 5.56 Å². The molecule has 5 rings (SSSR count). The molecule has 2 saturated heterocycles. The minimum absolute atomic E-state index is 0.0217. The zero-order valence-electron chi connectivity index (χ0n) is 18.9. The molecule has 2 fully saturated rings. The van der Waals surface area contributed by atoms with Crippen molar-refractivity contribution in [3.63, 3.8) is 0 Å². The van der Waals surface area contributed by atoms with Gasteiger partial charge < -0.3 is 14.7 Å². The molecule has 2 aromatic carbocycles. The van der Waals surface area contributed by atoms with Gasteiger partial charge >= 0.3 is 0 Å². The third-order valence-electron chi connectivity index (χ3n) is 7.01. The Balaban J connectivity index is 1.29. The van der Waals surface area contributed by atoms with E-state index in [2.05, 4.69) is 17.0 Å². The first-order valence-corrected chi connectivity index (χ1v) is 11.9. The van der Waals surface area contributed by atoms with Crippen molar-refractivity contribution in [3.8, 4) is 0 Å². The Morgan fingerprint density at radius 1 is 0.848 bits per heavy atom. The Morgan fingerprint density at radius 3 is 2.36 bits per heavy atom. The number of nitrogens with zero attached hydrogens (tertiary/aromatic N) is 4. The largest absolute Gasteiger partial charge is 0.339 e. The summed E-state index contributed by atoms with van der Waals surface area (Å²) in [5.41, 5.74) is 2.33. The molecule has 3 aliphatic rings. The fourth-order valence-electron chi connectivity index (χ4n) is 5.17. The van der Waals surface area contributed by atoms with E-state index in [0.29, 0.717) is 37.3 Å². The molecule has 7 heteroatoms. The van der Waals surface area contributed by atoms with Crippen molar-refractivity contribution in [3.05, 3.63) is 65.7 Å². The van der Waals surface area contributed by atoms with Crippen LogP contribution in [0.3, 0.4) is 0 Å². The molecular formula is C26H30N4O3. The van der Waals surface area contributed by atoms with E-state index < -0.39 is 6.04 Å². The fourth-order valence-corrected chi connectivity index (χ4v) is 5.17. The van der Waals surface area contributed by atoms with Gasteiger partial charge in [-0.05, 0) is 37.0 Å². The average molecular weight is 447 g/mol. The second-order valence-corrected chi connectivity index (χ2v) is 9.09. The maximum atomic E-state index is 13.5. The molecule has 172 valence electrons. The molecule has 0 N–H and O–H groups in total. The lowest BCUT2D eigenvalue weighted by Gasteiger charge is -2.37. The minimum atomic E-state index is -0.478. The van der Waals surface area contributed by atoms with Gasteiger partial charge in [-0.2, -0.15) is 0 Å². The summed E-state index contributed by atoms with van der Waals surface area (Å²) in [5.74, 6) is -0.300. The van der Waals surface area contributed by atoms with Crippen LogP contribution in [-0.2, 0) is 16.1 Å². The number of benzene rings is 2. The third kappa shape index (κ3) is 4.37. The second-order valence-electron chi connectivity index (χ2n) is 9.09. The molecule has 3 amide bonds. The van der Waals surface area contributed by atoms with Gasteiger partial charge in [0.2, 0.25) is 11.8 Å². The fraction of sp³-hybridized carbons (Fsp3) is 0.423. The maximum absolute atomic E-state index is 13.5. The van der Waals surface area contributed by atoms with Crippen LogP contribution in [0.15, 0.2) is 54.6 Å². The number of carbonyl (C=O) groups excluding carboxylic acids is 3. The summed E-state index contributed by atoms with van der Waals surface area (Å²) >= 11 is 0. The standard InChI is InChI=1S/C26H30N4O3/c31-24(28-16-14-27(15-17-28)18-20-8-2-1-3-9-20)19-30-22-11-5-4-10-21(22)25(32)29-13-7-6-12-23(29)26(30)33/h1-5,8-11,23H,6-7,12-19H2. The van der Waals surface area contributed by atoms with Crippen molar-refractivity contribution >= 4 is 23.4 Å². The number of hydrogen-bond donors (Lipinski definition) is 0. The van der Waals surface area contributed by atoms with Crippen LogP contribution in [0.2, 0.25) is 0 Å². The number of rotatable bonds is 4. The number of anilines is 1. The van der Waals surface area contributed by atoms with E-state index >= 15 is 0 Å². The molecule has 2 aromatic rings. The van der Waals surface area contributed by atoms with Crippen molar-refractivity contribution in [2.24, 2.45) is 0 Å². The van der Waals surface area contributed by atoms with Gasteiger partial charge in [0.05, 0.1) is 11.3 Å².